The van der Waals surface area contributed by atoms with E-state index >= 15 is 0 Å². The third-order valence-electron chi connectivity index (χ3n) is 5.51. The van der Waals surface area contributed by atoms with Gasteiger partial charge in [-0.1, -0.05) is 18.2 Å². The van der Waals surface area contributed by atoms with Gasteiger partial charge in [-0.15, -0.1) is 0 Å². The van der Waals surface area contributed by atoms with Gasteiger partial charge in [0.2, 0.25) is 0 Å². The number of hydrogen-bond donors (Lipinski definition) is 2. The first kappa shape index (κ1) is 17.7. The fraction of sp³-hybridized carbons (Fsp3) is 0.333. The maximum Gasteiger partial charge on any atom is 0.270 e. The van der Waals surface area contributed by atoms with Crippen LogP contribution in [0.2, 0.25) is 0 Å². The lowest BCUT2D eigenvalue weighted by molar-refractivity contribution is -0.726. The van der Waals surface area contributed by atoms with Crippen LogP contribution in [0.1, 0.15) is 42.6 Å². The number of nitro benzene ring substituents is 1. The number of benzene rings is 2. The Morgan fingerprint density at radius 1 is 1.33 bits per heavy atom. The number of aromatic amines is 1. The number of nitrogens with two attached hydrogens (primary N) is 1. The number of halogens is 1. The van der Waals surface area contributed by atoms with Crippen LogP contribution in [-0.4, -0.2) is 15.9 Å². The molecule has 0 spiro atoms. The number of quaternary nitrogens is 1. The van der Waals surface area contributed by atoms with E-state index in [4.69, 9.17) is 0 Å². The summed E-state index contributed by atoms with van der Waals surface area (Å²) in [7, 11) is 0. The topological polar surface area (TPSA) is 75.5 Å². The Labute approximate surface area is 156 Å². The Kier molecular flexibility index (Phi) is 4.66. The molecule has 4 rings (SSSR count). The van der Waals surface area contributed by atoms with Crippen LogP contribution in [0, 0.1) is 15.9 Å². The summed E-state index contributed by atoms with van der Waals surface area (Å²) in [6.45, 7) is 2.12. The summed E-state index contributed by atoms with van der Waals surface area (Å²) in [5, 5.41) is 14.4. The van der Waals surface area contributed by atoms with Crippen LogP contribution in [-0.2, 0) is 12.8 Å². The zero-order valence-corrected chi connectivity index (χ0v) is 15.2. The van der Waals surface area contributed by atoms with Crippen molar-refractivity contribution in [3.63, 3.8) is 0 Å². The van der Waals surface area contributed by atoms with Crippen molar-refractivity contribution in [2.24, 2.45) is 0 Å². The molecule has 0 radical (unpaired) electrons. The molecule has 5 nitrogen and oxygen atoms in total. The van der Waals surface area contributed by atoms with Gasteiger partial charge in [0.25, 0.3) is 5.69 Å². The zero-order chi connectivity index (χ0) is 19.0. The minimum atomic E-state index is -0.345. The third kappa shape index (κ3) is 3.45. The van der Waals surface area contributed by atoms with Crippen molar-refractivity contribution < 1.29 is 14.6 Å². The first-order chi connectivity index (χ1) is 13.0. The van der Waals surface area contributed by atoms with Crippen LogP contribution in [0.5, 0.6) is 0 Å². The second kappa shape index (κ2) is 7.12. The van der Waals surface area contributed by atoms with E-state index in [0.29, 0.717) is 6.42 Å². The van der Waals surface area contributed by atoms with E-state index in [-0.39, 0.29) is 28.5 Å². The van der Waals surface area contributed by atoms with Crippen molar-refractivity contribution in [3.05, 3.63) is 75.2 Å². The summed E-state index contributed by atoms with van der Waals surface area (Å²) < 4.78 is 13.9. The summed E-state index contributed by atoms with van der Waals surface area (Å²) in [5.41, 5.74) is 4.18. The fourth-order valence-electron chi connectivity index (χ4n) is 4.27. The summed E-state index contributed by atoms with van der Waals surface area (Å²) in [4.78, 5) is 14.2. The van der Waals surface area contributed by atoms with Crippen LogP contribution >= 0.6 is 0 Å². The third-order valence-corrected chi connectivity index (χ3v) is 5.51. The minimum absolute atomic E-state index is 0.128. The summed E-state index contributed by atoms with van der Waals surface area (Å²) in [5.74, 6) is -0.153. The number of nitrogens with one attached hydrogen (secondary N) is 1. The molecule has 3 N–H and O–H groups in total. The minimum Gasteiger partial charge on any atom is -0.353 e. The van der Waals surface area contributed by atoms with E-state index in [1.807, 2.05) is 12.1 Å². The van der Waals surface area contributed by atoms with Crippen molar-refractivity contribution in [2.45, 2.75) is 44.7 Å². The van der Waals surface area contributed by atoms with Gasteiger partial charge < -0.3 is 10.3 Å². The molecule has 140 valence electrons. The lowest BCUT2D eigenvalue weighted by atomic mass is 9.91. The maximum absolute atomic E-state index is 13.9. The largest absolute Gasteiger partial charge is 0.353 e. The van der Waals surface area contributed by atoms with E-state index in [2.05, 4.69) is 17.2 Å². The van der Waals surface area contributed by atoms with Gasteiger partial charge in [-0.05, 0) is 43.0 Å². The Bertz CT molecular complexity index is 998. The molecule has 1 aliphatic carbocycles. The molecule has 1 heterocycles. The molecule has 0 saturated heterocycles. The van der Waals surface area contributed by atoms with Gasteiger partial charge in [-0.3, -0.25) is 10.1 Å². The van der Waals surface area contributed by atoms with E-state index < -0.39 is 0 Å². The highest BCUT2D eigenvalue weighted by molar-refractivity contribution is 5.87. The molecular formula is C21H23FN3O2+. The number of hydrogen-bond acceptors (Lipinski definition) is 2. The SMILES string of the molecule is C[C@@H](Cc1ccccc1F)[NH2+][C@H]1CCCc2c1[nH]c1ccc([N+](=O)[O-])cc21. The Morgan fingerprint density at radius 3 is 2.93 bits per heavy atom. The number of nitrogens with zero attached hydrogens (tertiary/aromatic N) is 1. The molecule has 0 amide bonds. The molecule has 3 aromatic rings. The summed E-state index contributed by atoms with van der Waals surface area (Å²) in [6, 6.07) is 12.4. The van der Waals surface area contributed by atoms with Crippen LogP contribution in [0.25, 0.3) is 10.9 Å². The lowest BCUT2D eigenvalue weighted by Gasteiger charge is -2.24. The Balaban J connectivity index is 1.58. The van der Waals surface area contributed by atoms with Gasteiger partial charge in [0, 0.05) is 35.9 Å². The molecule has 2 aromatic carbocycles. The van der Waals surface area contributed by atoms with Crippen LogP contribution in [0.4, 0.5) is 10.1 Å². The average molecular weight is 368 g/mol. The molecule has 1 aliphatic rings. The number of fused-ring (bicyclic) bond motifs is 3. The van der Waals surface area contributed by atoms with Crippen molar-refractivity contribution in [3.8, 4) is 0 Å². The standard InChI is InChI=1S/C21H22FN3O2/c1-13(11-14-5-2-3-7-18(14)22)23-20-8-4-6-16-17-12-15(25(26)27)9-10-19(17)24-21(16)20/h2-3,5,7,9-10,12-13,20,23-24H,4,6,8,11H2,1H3/p+1/t13-,20-/m0/s1. The van der Waals surface area contributed by atoms with E-state index in [1.165, 1.54) is 11.6 Å². The van der Waals surface area contributed by atoms with Crippen molar-refractivity contribution in [1.82, 2.24) is 4.98 Å². The lowest BCUT2D eigenvalue weighted by Crippen LogP contribution is -2.90. The molecule has 0 unspecified atom stereocenters. The molecule has 1 aromatic heterocycles. The second-order valence-electron chi connectivity index (χ2n) is 7.47. The number of aryl methyl sites for hydroxylation is 1. The number of aromatic nitrogens is 1. The molecular weight excluding hydrogens is 345 g/mol. The predicted molar refractivity (Wildman–Crippen MR) is 102 cm³/mol. The number of rotatable bonds is 5. The van der Waals surface area contributed by atoms with Crippen molar-refractivity contribution >= 4 is 16.6 Å². The van der Waals surface area contributed by atoms with Crippen LogP contribution in [0.3, 0.4) is 0 Å². The van der Waals surface area contributed by atoms with E-state index in [0.717, 1.165) is 41.4 Å². The number of non-ortho nitro benzene ring substituents is 1. The highest BCUT2D eigenvalue weighted by atomic mass is 19.1. The molecule has 0 aliphatic heterocycles. The van der Waals surface area contributed by atoms with Gasteiger partial charge in [-0.25, -0.2) is 4.39 Å². The molecule has 0 saturated carbocycles. The van der Waals surface area contributed by atoms with Gasteiger partial charge in [0.1, 0.15) is 11.9 Å². The zero-order valence-electron chi connectivity index (χ0n) is 15.2. The monoisotopic (exact) mass is 368 g/mol. The predicted octanol–water partition coefficient (Wildman–Crippen LogP) is 3.79. The van der Waals surface area contributed by atoms with Crippen molar-refractivity contribution in [2.75, 3.05) is 0 Å². The first-order valence-corrected chi connectivity index (χ1v) is 9.40. The summed E-state index contributed by atoms with van der Waals surface area (Å²) in [6.07, 6.45) is 3.70. The van der Waals surface area contributed by atoms with Gasteiger partial charge in [-0.2, -0.15) is 0 Å². The van der Waals surface area contributed by atoms with Crippen LogP contribution in [0.15, 0.2) is 42.5 Å². The average Bonchev–Trinajstić information content (AvgIpc) is 3.02. The molecule has 2 atom stereocenters. The Hall–Kier alpha value is -2.73. The second-order valence-corrected chi connectivity index (χ2v) is 7.47. The molecule has 27 heavy (non-hydrogen) atoms. The normalized spacial score (nSPS) is 17.6. The number of H-pyrrole nitrogens is 1. The highest BCUT2D eigenvalue weighted by Gasteiger charge is 2.29. The molecule has 0 bridgehead atoms. The maximum atomic E-state index is 13.9. The smallest absolute Gasteiger partial charge is 0.270 e. The Morgan fingerprint density at radius 2 is 2.15 bits per heavy atom. The fourth-order valence-corrected chi connectivity index (χ4v) is 4.27. The van der Waals surface area contributed by atoms with Gasteiger partial charge in [0.15, 0.2) is 0 Å². The van der Waals surface area contributed by atoms with E-state index in [9.17, 15) is 14.5 Å². The van der Waals surface area contributed by atoms with E-state index in [1.54, 1.807) is 24.3 Å². The van der Waals surface area contributed by atoms with Gasteiger partial charge in [0.05, 0.1) is 16.7 Å². The van der Waals surface area contributed by atoms with Crippen molar-refractivity contribution in [1.29, 1.82) is 0 Å². The number of nitro groups is 1. The quantitative estimate of drug-likeness (QED) is 0.531. The molecule has 0 fully saturated rings. The first-order valence-electron chi connectivity index (χ1n) is 9.40. The molecule has 6 heteroatoms. The summed E-state index contributed by atoms with van der Waals surface area (Å²) >= 11 is 0. The highest BCUT2D eigenvalue weighted by Crippen LogP contribution is 2.34. The van der Waals surface area contributed by atoms with Crippen LogP contribution < -0.4 is 5.32 Å². The van der Waals surface area contributed by atoms with Gasteiger partial charge >= 0.3 is 0 Å².